The van der Waals surface area contributed by atoms with E-state index in [1.165, 1.54) is 0 Å². The summed E-state index contributed by atoms with van der Waals surface area (Å²) in [5.41, 5.74) is -0.827. The number of hydrogen-bond donors (Lipinski definition) is 1. The third kappa shape index (κ3) is 2.49. The van der Waals surface area contributed by atoms with Gasteiger partial charge in [0.05, 0.1) is 23.7 Å². The van der Waals surface area contributed by atoms with Gasteiger partial charge in [-0.25, -0.2) is 4.98 Å². The number of nitrogens with zero attached hydrogens (tertiary/aromatic N) is 1. The molecule has 3 rings (SSSR count). The lowest BCUT2D eigenvalue weighted by molar-refractivity contribution is -0.137. The fraction of sp³-hybridized carbons (Fsp3) is 0.538. The molecule has 0 aliphatic carbocycles. The molecule has 0 aromatic carbocycles. The molecule has 2 aliphatic rings. The van der Waals surface area contributed by atoms with Crippen molar-refractivity contribution in [2.75, 3.05) is 5.32 Å². The maximum Gasteiger partial charge on any atom is 0.416 e. The first-order chi connectivity index (χ1) is 9.43. The summed E-state index contributed by atoms with van der Waals surface area (Å²) in [5, 5.41) is 2.45. The number of amides is 1. The van der Waals surface area contributed by atoms with E-state index in [9.17, 15) is 18.0 Å². The Morgan fingerprint density at radius 3 is 2.80 bits per heavy atom. The molecule has 3 heterocycles. The van der Waals surface area contributed by atoms with Gasteiger partial charge in [-0.1, -0.05) is 0 Å². The van der Waals surface area contributed by atoms with Gasteiger partial charge in [-0.3, -0.25) is 4.79 Å². The minimum absolute atomic E-state index is 0.0763. The summed E-state index contributed by atoms with van der Waals surface area (Å²) in [6.45, 7) is 0. The van der Waals surface area contributed by atoms with Crippen LogP contribution in [0.3, 0.4) is 0 Å². The topological polar surface area (TPSA) is 51.2 Å². The Bertz CT molecular complexity index is 533. The van der Waals surface area contributed by atoms with E-state index in [1.54, 1.807) is 0 Å². The zero-order chi connectivity index (χ0) is 14.3. The average molecular weight is 286 g/mol. The molecule has 108 valence electrons. The van der Waals surface area contributed by atoms with E-state index < -0.39 is 11.7 Å². The van der Waals surface area contributed by atoms with Gasteiger partial charge < -0.3 is 10.1 Å². The van der Waals surface area contributed by atoms with E-state index in [-0.39, 0.29) is 29.9 Å². The van der Waals surface area contributed by atoms with Crippen LogP contribution < -0.4 is 5.32 Å². The third-order valence-electron chi connectivity index (χ3n) is 3.78. The van der Waals surface area contributed by atoms with Crippen LogP contribution in [-0.2, 0) is 15.7 Å². The molecule has 7 heteroatoms. The highest BCUT2D eigenvalue weighted by atomic mass is 19.4. The Balaban J connectivity index is 1.70. The van der Waals surface area contributed by atoms with E-state index in [0.29, 0.717) is 6.42 Å². The standard InChI is InChI=1S/C13H13F3N2O2/c14-13(15,16)7-3-4-17-11(5-7)18-12(19)9-6-8-1-2-10(9)20-8/h3-5,8-10H,1-2,6H2,(H,17,18,19). The molecule has 3 atom stereocenters. The van der Waals surface area contributed by atoms with Crippen molar-refractivity contribution in [3.05, 3.63) is 23.9 Å². The maximum atomic E-state index is 12.6. The first-order valence-corrected chi connectivity index (χ1v) is 6.43. The first kappa shape index (κ1) is 13.4. The normalized spacial score (nSPS) is 28.6. The first-order valence-electron chi connectivity index (χ1n) is 6.43. The van der Waals surface area contributed by atoms with Crippen molar-refractivity contribution >= 4 is 11.7 Å². The molecule has 2 aliphatic heterocycles. The highest BCUT2D eigenvalue weighted by molar-refractivity contribution is 5.92. The summed E-state index contributed by atoms with van der Waals surface area (Å²) in [4.78, 5) is 15.8. The van der Waals surface area contributed by atoms with Crippen molar-refractivity contribution < 1.29 is 22.7 Å². The second-order valence-electron chi connectivity index (χ2n) is 5.13. The predicted molar refractivity (Wildman–Crippen MR) is 63.9 cm³/mol. The minimum atomic E-state index is -4.45. The van der Waals surface area contributed by atoms with E-state index in [2.05, 4.69) is 10.3 Å². The van der Waals surface area contributed by atoms with Crippen LogP contribution in [0.2, 0.25) is 0 Å². The van der Waals surface area contributed by atoms with Gasteiger partial charge in [-0.2, -0.15) is 13.2 Å². The minimum Gasteiger partial charge on any atom is -0.374 e. The van der Waals surface area contributed by atoms with Crippen molar-refractivity contribution in [3.8, 4) is 0 Å². The van der Waals surface area contributed by atoms with Crippen LogP contribution in [-0.4, -0.2) is 23.1 Å². The lowest BCUT2D eigenvalue weighted by Crippen LogP contribution is -2.30. The summed E-state index contributed by atoms with van der Waals surface area (Å²) < 4.78 is 43.3. The van der Waals surface area contributed by atoms with Crippen molar-refractivity contribution in [1.82, 2.24) is 4.98 Å². The third-order valence-corrected chi connectivity index (χ3v) is 3.78. The van der Waals surface area contributed by atoms with Gasteiger partial charge in [-0.05, 0) is 31.4 Å². The second kappa shape index (κ2) is 4.73. The molecule has 1 aromatic rings. The number of pyridine rings is 1. The molecule has 1 amide bonds. The Labute approximate surface area is 113 Å². The molecular formula is C13H13F3N2O2. The van der Waals surface area contributed by atoms with Crippen LogP contribution in [0.15, 0.2) is 18.3 Å². The van der Waals surface area contributed by atoms with Gasteiger partial charge in [-0.15, -0.1) is 0 Å². The second-order valence-corrected chi connectivity index (χ2v) is 5.13. The fourth-order valence-electron chi connectivity index (χ4n) is 2.81. The Hall–Kier alpha value is -1.63. The number of ether oxygens (including phenoxy) is 1. The lowest BCUT2D eigenvalue weighted by atomic mass is 9.88. The van der Waals surface area contributed by atoms with Crippen LogP contribution in [0.25, 0.3) is 0 Å². The van der Waals surface area contributed by atoms with Crippen molar-refractivity contribution in [2.24, 2.45) is 5.92 Å². The molecule has 20 heavy (non-hydrogen) atoms. The van der Waals surface area contributed by atoms with Crippen LogP contribution in [0.4, 0.5) is 19.0 Å². The van der Waals surface area contributed by atoms with Gasteiger partial charge in [0.25, 0.3) is 0 Å². The number of halogens is 3. The van der Waals surface area contributed by atoms with Crippen molar-refractivity contribution in [1.29, 1.82) is 0 Å². The zero-order valence-corrected chi connectivity index (χ0v) is 10.5. The van der Waals surface area contributed by atoms with Crippen LogP contribution >= 0.6 is 0 Å². The monoisotopic (exact) mass is 286 g/mol. The molecule has 1 aromatic heterocycles. The highest BCUT2D eigenvalue weighted by Gasteiger charge is 2.44. The average Bonchev–Trinajstić information content (AvgIpc) is 3.00. The highest BCUT2D eigenvalue weighted by Crippen LogP contribution is 2.39. The van der Waals surface area contributed by atoms with E-state index >= 15 is 0 Å². The number of hydrogen-bond acceptors (Lipinski definition) is 3. The van der Waals surface area contributed by atoms with Crippen LogP contribution in [0, 0.1) is 5.92 Å². The molecule has 3 unspecified atom stereocenters. The summed E-state index contributed by atoms with van der Waals surface area (Å²) in [7, 11) is 0. The summed E-state index contributed by atoms with van der Waals surface area (Å²) in [6, 6.07) is 1.71. The van der Waals surface area contributed by atoms with E-state index in [0.717, 1.165) is 31.2 Å². The molecule has 2 fully saturated rings. The summed E-state index contributed by atoms with van der Waals surface area (Å²) >= 11 is 0. The van der Waals surface area contributed by atoms with Crippen LogP contribution in [0.1, 0.15) is 24.8 Å². The van der Waals surface area contributed by atoms with Gasteiger partial charge in [0.1, 0.15) is 5.82 Å². The largest absolute Gasteiger partial charge is 0.416 e. The molecule has 1 N–H and O–H groups in total. The van der Waals surface area contributed by atoms with Gasteiger partial charge in [0, 0.05) is 6.20 Å². The number of anilines is 1. The van der Waals surface area contributed by atoms with Gasteiger partial charge >= 0.3 is 6.18 Å². The fourth-order valence-corrected chi connectivity index (χ4v) is 2.81. The molecule has 2 saturated heterocycles. The number of carbonyl (C=O) groups is 1. The quantitative estimate of drug-likeness (QED) is 0.909. The maximum absolute atomic E-state index is 12.6. The van der Waals surface area contributed by atoms with Gasteiger partial charge in [0.15, 0.2) is 0 Å². The van der Waals surface area contributed by atoms with E-state index in [1.807, 2.05) is 0 Å². The lowest BCUT2D eigenvalue weighted by Gasteiger charge is -2.18. The molecule has 0 radical (unpaired) electrons. The number of fused-ring (bicyclic) bond motifs is 2. The Kier molecular flexibility index (Phi) is 3.16. The molecule has 4 nitrogen and oxygen atoms in total. The number of alkyl halides is 3. The summed E-state index contributed by atoms with van der Waals surface area (Å²) in [5.74, 6) is -0.679. The van der Waals surface area contributed by atoms with Crippen molar-refractivity contribution in [3.63, 3.8) is 0 Å². The SMILES string of the molecule is O=C(Nc1cc(C(F)(F)F)ccn1)C1CC2CCC1O2. The van der Waals surface area contributed by atoms with Gasteiger partial charge in [0.2, 0.25) is 5.91 Å². The number of rotatable bonds is 2. The number of nitrogens with one attached hydrogen (secondary N) is 1. The number of aromatic nitrogens is 1. The molecule has 0 spiro atoms. The van der Waals surface area contributed by atoms with Crippen molar-refractivity contribution in [2.45, 2.75) is 37.6 Å². The smallest absolute Gasteiger partial charge is 0.374 e. The zero-order valence-electron chi connectivity index (χ0n) is 10.5. The molecule has 2 bridgehead atoms. The van der Waals surface area contributed by atoms with E-state index in [4.69, 9.17) is 4.74 Å². The Morgan fingerprint density at radius 1 is 1.40 bits per heavy atom. The Morgan fingerprint density at radius 2 is 2.20 bits per heavy atom. The predicted octanol–water partition coefficient (Wildman–Crippen LogP) is 2.61. The summed E-state index contributed by atoms with van der Waals surface area (Å²) in [6.07, 6.45) is -0.978. The molecular weight excluding hydrogens is 273 g/mol. The van der Waals surface area contributed by atoms with Crippen LogP contribution in [0.5, 0.6) is 0 Å². The number of carbonyl (C=O) groups excluding carboxylic acids is 1. The molecule has 0 saturated carbocycles.